The average Bonchev–Trinajstić information content (AvgIpc) is 2.40. The molecule has 0 aromatic heterocycles. The first-order valence-electron chi connectivity index (χ1n) is 7.54. The Labute approximate surface area is 116 Å². The molecule has 106 valence electrons. The summed E-state index contributed by atoms with van der Waals surface area (Å²) < 4.78 is 5.98. The Bertz CT molecular complexity index is 388. The van der Waals surface area contributed by atoms with Gasteiger partial charge in [0.15, 0.2) is 0 Å². The van der Waals surface area contributed by atoms with E-state index in [1.165, 1.54) is 30.4 Å². The third-order valence-corrected chi connectivity index (χ3v) is 4.25. The van der Waals surface area contributed by atoms with Crippen LogP contribution in [-0.2, 0) is 11.2 Å². The lowest BCUT2D eigenvalue weighted by atomic mass is 9.78. The number of hydrogen-bond acceptors (Lipinski definition) is 2. The van der Waals surface area contributed by atoms with Crippen LogP contribution in [0.4, 0.5) is 0 Å². The van der Waals surface area contributed by atoms with Gasteiger partial charge in [-0.3, -0.25) is 0 Å². The number of benzene rings is 1. The molecule has 1 N–H and O–H groups in total. The molecular weight excluding hydrogens is 236 g/mol. The Kier molecular flexibility index (Phi) is 5.00. The highest BCUT2D eigenvalue weighted by Crippen LogP contribution is 2.35. The molecule has 1 aromatic carbocycles. The maximum atomic E-state index is 10.7. The zero-order valence-electron chi connectivity index (χ0n) is 12.2. The number of rotatable bonds is 5. The van der Waals surface area contributed by atoms with Crippen LogP contribution in [0.3, 0.4) is 0 Å². The second-order valence-electron chi connectivity index (χ2n) is 5.77. The summed E-state index contributed by atoms with van der Waals surface area (Å²) >= 11 is 0. The zero-order valence-corrected chi connectivity index (χ0v) is 12.2. The molecule has 0 spiro atoms. The molecule has 0 bridgehead atoms. The molecule has 0 saturated heterocycles. The van der Waals surface area contributed by atoms with Gasteiger partial charge in [0, 0.05) is 13.0 Å². The SMILES string of the molecule is CCOC1(C(O)Cc2cccc(C)c2)CCCCC1. The van der Waals surface area contributed by atoms with Crippen molar-refractivity contribution < 1.29 is 9.84 Å². The highest BCUT2D eigenvalue weighted by Gasteiger charge is 2.39. The quantitative estimate of drug-likeness (QED) is 0.878. The van der Waals surface area contributed by atoms with E-state index >= 15 is 0 Å². The summed E-state index contributed by atoms with van der Waals surface area (Å²) in [6.45, 7) is 4.80. The van der Waals surface area contributed by atoms with Gasteiger partial charge in [0.1, 0.15) is 0 Å². The summed E-state index contributed by atoms with van der Waals surface area (Å²) in [5, 5.41) is 10.7. The first kappa shape index (κ1) is 14.5. The van der Waals surface area contributed by atoms with Crippen molar-refractivity contribution in [2.45, 2.75) is 64.1 Å². The van der Waals surface area contributed by atoms with E-state index in [0.717, 1.165) is 12.8 Å². The molecule has 1 aliphatic carbocycles. The largest absolute Gasteiger partial charge is 0.390 e. The normalized spacial score (nSPS) is 20.2. The molecule has 0 radical (unpaired) electrons. The summed E-state index contributed by atoms with van der Waals surface area (Å²) in [6.07, 6.45) is 5.90. The van der Waals surface area contributed by atoms with Crippen LogP contribution in [0.25, 0.3) is 0 Å². The first-order valence-corrected chi connectivity index (χ1v) is 7.54. The lowest BCUT2D eigenvalue weighted by Crippen LogP contribution is -2.47. The van der Waals surface area contributed by atoms with Gasteiger partial charge in [0.2, 0.25) is 0 Å². The third kappa shape index (κ3) is 3.58. The number of aliphatic hydroxyl groups excluding tert-OH is 1. The summed E-state index contributed by atoms with van der Waals surface area (Å²) in [6, 6.07) is 8.41. The van der Waals surface area contributed by atoms with Crippen LogP contribution < -0.4 is 0 Å². The van der Waals surface area contributed by atoms with Crippen molar-refractivity contribution in [2.75, 3.05) is 6.61 Å². The Morgan fingerprint density at radius 1 is 1.26 bits per heavy atom. The lowest BCUT2D eigenvalue weighted by molar-refractivity contribution is -0.138. The van der Waals surface area contributed by atoms with E-state index in [0.29, 0.717) is 13.0 Å². The van der Waals surface area contributed by atoms with Crippen molar-refractivity contribution in [1.29, 1.82) is 0 Å². The van der Waals surface area contributed by atoms with Crippen LogP contribution >= 0.6 is 0 Å². The molecule has 19 heavy (non-hydrogen) atoms. The number of hydrogen-bond donors (Lipinski definition) is 1. The second kappa shape index (κ2) is 6.53. The molecule has 1 unspecified atom stereocenters. The molecular formula is C17H26O2. The van der Waals surface area contributed by atoms with E-state index in [1.807, 2.05) is 6.92 Å². The maximum absolute atomic E-state index is 10.7. The molecule has 2 nitrogen and oxygen atoms in total. The first-order chi connectivity index (χ1) is 9.16. The van der Waals surface area contributed by atoms with Crippen LogP contribution in [-0.4, -0.2) is 23.4 Å². The van der Waals surface area contributed by atoms with E-state index in [1.54, 1.807) is 0 Å². The van der Waals surface area contributed by atoms with Crippen LogP contribution in [0.5, 0.6) is 0 Å². The number of ether oxygens (including phenoxy) is 1. The van der Waals surface area contributed by atoms with E-state index in [9.17, 15) is 5.11 Å². The van der Waals surface area contributed by atoms with Crippen LogP contribution in [0.1, 0.15) is 50.2 Å². The third-order valence-electron chi connectivity index (χ3n) is 4.25. The van der Waals surface area contributed by atoms with Crippen molar-refractivity contribution >= 4 is 0 Å². The maximum Gasteiger partial charge on any atom is 0.0943 e. The summed E-state index contributed by atoms with van der Waals surface area (Å²) in [4.78, 5) is 0. The summed E-state index contributed by atoms with van der Waals surface area (Å²) in [7, 11) is 0. The molecule has 1 atom stereocenters. The number of aryl methyl sites for hydroxylation is 1. The molecule has 1 aromatic rings. The predicted octanol–water partition coefficient (Wildman–Crippen LogP) is 3.64. The highest BCUT2D eigenvalue weighted by atomic mass is 16.5. The molecule has 0 heterocycles. The Morgan fingerprint density at radius 3 is 2.63 bits per heavy atom. The lowest BCUT2D eigenvalue weighted by Gasteiger charge is -2.41. The summed E-state index contributed by atoms with van der Waals surface area (Å²) in [5.74, 6) is 0. The van der Waals surface area contributed by atoms with Gasteiger partial charge >= 0.3 is 0 Å². The fourth-order valence-electron chi connectivity index (χ4n) is 3.26. The minimum atomic E-state index is -0.394. The molecule has 2 rings (SSSR count). The minimum absolute atomic E-state index is 0.309. The van der Waals surface area contributed by atoms with Crippen LogP contribution in [0.15, 0.2) is 24.3 Å². The van der Waals surface area contributed by atoms with Crippen molar-refractivity contribution in [2.24, 2.45) is 0 Å². The molecule has 1 saturated carbocycles. The van der Waals surface area contributed by atoms with E-state index in [4.69, 9.17) is 4.74 Å². The monoisotopic (exact) mass is 262 g/mol. The smallest absolute Gasteiger partial charge is 0.0943 e. The minimum Gasteiger partial charge on any atom is -0.390 e. The van der Waals surface area contributed by atoms with Crippen molar-refractivity contribution in [3.05, 3.63) is 35.4 Å². The van der Waals surface area contributed by atoms with E-state index in [-0.39, 0.29) is 5.60 Å². The van der Waals surface area contributed by atoms with Gasteiger partial charge in [0.25, 0.3) is 0 Å². The second-order valence-corrected chi connectivity index (χ2v) is 5.77. The number of aliphatic hydroxyl groups is 1. The molecule has 1 fully saturated rings. The highest BCUT2D eigenvalue weighted by molar-refractivity contribution is 5.23. The van der Waals surface area contributed by atoms with Gasteiger partial charge < -0.3 is 9.84 Å². The Morgan fingerprint density at radius 2 is 2.00 bits per heavy atom. The Balaban J connectivity index is 2.08. The molecule has 0 aliphatic heterocycles. The summed E-state index contributed by atoms with van der Waals surface area (Å²) in [5.41, 5.74) is 2.15. The zero-order chi connectivity index (χ0) is 13.7. The van der Waals surface area contributed by atoms with Gasteiger partial charge in [0.05, 0.1) is 11.7 Å². The molecule has 2 heteroatoms. The Hall–Kier alpha value is -0.860. The van der Waals surface area contributed by atoms with Crippen LogP contribution in [0, 0.1) is 6.92 Å². The molecule has 0 amide bonds. The van der Waals surface area contributed by atoms with Gasteiger partial charge in [-0.15, -0.1) is 0 Å². The van der Waals surface area contributed by atoms with Crippen molar-refractivity contribution in [3.63, 3.8) is 0 Å². The van der Waals surface area contributed by atoms with Crippen LogP contribution in [0.2, 0.25) is 0 Å². The average molecular weight is 262 g/mol. The van der Waals surface area contributed by atoms with Gasteiger partial charge in [-0.1, -0.05) is 49.1 Å². The topological polar surface area (TPSA) is 29.5 Å². The van der Waals surface area contributed by atoms with Gasteiger partial charge in [-0.05, 0) is 32.3 Å². The molecule has 1 aliphatic rings. The van der Waals surface area contributed by atoms with Crippen molar-refractivity contribution in [1.82, 2.24) is 0 Å². The van der Waals surface area contributed by atoms with Gasteiger partial charge in [-0.25, -0.2) is 0 Å². The van der Waals surface area contributed by atoms with Gasteiger partial charge in [-0.2, -0.15) is 0 Å². The standard InChI is InChI=1S/C17H26O2/c1-3-19-17(10-5-4-6-11-17)16(18)13-15-9-7-8-14(2)12-15/h7-9,12,16,18H,3-6,10-11,13H2,1-2H3. The fraction of sp³-hybridized carbons (Fsp3) is 0.647. The van der Waals surface area contributed by atoms with Crippen molar-refractivity contribution in [3.8, 4) is 0 Å². The fourth-order valence-corrected chi connectivity index (χ4v) is 3.26. The van der Waals surface area contributed by atoms with E-state index in [2.05, 4.69) is 31.2 Å². The predicted molar refractivity (Wildman–Crippen MR) is 78.3 cm³/mol. The van der Waals surface area contributed by atoms with E-state index < -0.39 is 6.10 Å².